The van der Waals surface area contributed by atoms with Gasteiger partial charge in [0.1, 0.15) is 0 Å². The normalized spacial score (nSPS) is 26.1. The van der Waals surface area contributed by atoms with Gasteiger partial charge in [-0.3, -0.25) is 14.4 Å². The van der Waals surface area contributed by atoms with Crippen molar-refractivity contribution in [2.45, 2.75) is 18.5 Å². The van der Waals surface area contributed by atoms with Gasteiger partial charge in [0.05, 0.1) is 17.8 Å². The Hall–Kier alpha value is -2.58. The quantitative estimate of drug-likeness (QED) is 0.847. The molecule has 6 nitrogen and oxygen atoms in total. The fourth-order valence-corrected chi connectivity index (χ4v) is 3.42. The highest BCUT2D eigenvalue weighted by atomic mass is 19.4. The predicted octanol–water partition coefficient (Wildman–Crippen LogP) is 1.83. The van der Waals surface area contributed by atoms with Gasteiger partial charge in [0.25, 0.3) is 0 Å². The van der Waals surface area contributed by atoms with Gasteiger partial charge in [-0.1, -0.05) is 18.2 Å². The van der Waals surface area contributed by atoms with Crippen LogP contribution in [-0.4, -0.2) is 47.1 Å². The van der Waals surface area contributed by atoms with E-state index in [1.807, 2.05) is 0 Å². The molecule has 0 spiro atoms. The Morgan fingerprint density at radius 1 is 1.20 bits per heavy atom. The van der Waals surface area contributed by atoms with Crippen LogP contribution in [0.1, 0.15) is 17.9 Å². The number of halogens is 3. The molecule has 2 N–H and O–H groups in total. The average molecular weight is 356 g/mol. The summed E-state index contributed by atoms with van der Waals surface area (Å²) in [7, 11) is 0. The number of rotatable bonds is 2. The maximum Gasteiger partial charge on any atom is 0.394 e. The highest BCUT2D eigenvalue weighted by molar-refractivity contribution is 6.01. The summed E-state index contributed by atoms with van der Waals surface area (Å²) in [6.07, 6.45) is -4.89. The number of anilines is 1. The third kappa shape index (κ3) is 3.18. The zero-order valence-corrected chi connectivity index (χ0v) is 12.9. The number of carbonyl (C=O) groups excluding carboxylic acids is 2. The summed E-state index contributed by atoms with van der Waals surface area (Å²) in [5.41, 5.74) is 0.966. The number of benzene rings is 1. The third-order valence-corrected chi connectivity index (χ3v) is 4.67. The maximum absolute atomic E-state index is 13.1. The first-order valence-corrected chi connectivity index (χ1v) is 7.65. The monoisotopic (exact) mass is 356 g/mol. The summed E-state index contributed by atoms with van der Waals surface area (Å²) >= 11 is 0. The van der Waals surface area contributed by atoms with Gasteiger partial charge < -0.3 is 15.3 Å². The van der Waals surface area contributed by atoms with E-state index in [1.54, 1.807) is 24.3 Å². The fraction of sp³-hybridized carbons (Fsp3) is 0.438. The Kier molecular flexibility index (Phi) is 4.18. The lowest BCUT2D eigenvalue weighted by atomic mass is 9.89. The Morgan fingerprint density at radius 2 is 1.88 bits per heavy atom. The van der Waals surface area contributed by atoms with Crippen LogP contribution >= 0.6 is 0 Å². The van der Waals surface area contributed by atoms with E-state index in [0.717, 1.165) is 4.90 Å². The molecule has 0 aromatic heterocycles. The first kappa shape index (κ1) is 17.2. The molecular weight excluding hydrogens is 341 g/mol. The Labute approximate surface area is 140 Å². The smallest absolute Gasteiger partial charge is 0.394 e. The minimum atomic E-state index is -4.71. The van der Waals surface area contributed by atoms with Gasteiger partial charge in [0, 0.05) is 25.2 Å². The fourth-order valence-electron chi connectivity index (χ4n) is 3.42. The SMILES string of the molecule is O=C1CC(C(=O)N2C[C@@H](C(F)(F)F)[C@H](C(=O)O)C2)c2ccccc2N1. The van der Waals surface area contributed by atoms with Crippen molar-refractivity contribution in [2.75, 3.05) is 18.4 Å². The highest BCUT2D eigenvalue weighted by Gasteiger charge is 2.54. The van der Waals surface area contributed by atoms with Gasteiger partial charge in [-0.05, 0) is 11.6 Å². The van der Waals surface area contributed by atoms with E-state index in [-0.39, 0.29) is 6.42 Å². The van der Waals surface area contributed by atoms with Gasteiger partial charge in [-0.25, -0.2) is 0 Å². The second kappa shape index (κ2) is 6.05. The number of carboxylic acid groups (broad SMARTS) is 1. The summed E-state index contributed by atoms with van der Waals surface area (Å²) in [5.74, 6) is -7.36. The number of aliphatic carboxylic acids is 1. The Bertz CT molecular complexity index is 734. The van der Waals surface area contributed by atoms with Gasteiger partial charge in [-0.15, -0.1) is 0 Å². The molecule has 9 heteroatoms. The zero-order valence-electron chi connectivity index (χ0n) is 12.9. The number of alkyl halides is 3. The molecule has 2 amide bonds. The Morgan fingerprint density at radius 3 is 2.48 bits per heavy atom. The van der Waals surface area contributed by atoms with E-state index in [2.05, 4.69) is 5.32 Å². The van der Waals surface area contributed by atoms with E-state index in [1.165, 1.54) is 0 Å². The number of nitrogens with zero attached hydrogens (tertiary/aromatic N) is 1. The third-order valence-electron chi connectivity index (χ3n) is 4.67. The van der Waals surface area contributed by atoms with E-state index in [9.17, 15) is 27.6 Å². The number of hydrogen-bond acceptors (Lipinski definition) is 3. The topological polar surface area (TPSA) is 86.7 Å². The van der Waals surface area contributed by atoms with Crippen LogP contribution in [0, 0.1) is 11.8 Å². The second-order valence-electron chi connectivity index (χ2n) is 6.23. The summed E-state index contributed by atoms with van der Waals surface area (Å²) in [5, 5.41) is 11.7. The largest absolute Gasteiger partial charge is 0.481 e. The molecule has 0 bridgehead atoms. The highest BCUT2D eigenvalue weighted by Crippen LogP contribution is 2.40. The number of amides is 2. The molecule has 0 aliphatic carbocycles. The van der Waals surface area contributed by atoms with Crippen molar-refractivity contribution in [3.05, 3.63) is 29.8 Å². The first-order chi connectivity index (χ1) is 11.7. The van der Waals surface area contributed by atoms with E-state index in [0.29, 0.717) is 11.3 Å². The molecule has 1 fully saturated rings. The summed E-state index contributed by atoms with van der Waals surface area (Å²) in [4.78, 5) is 36.6. The first-order valence-electron chi connectivity index (χ1n) is 7.65. The zero-order chi connectivity index (χ0) is 18.4. The maximum atomic E-state index is 13.1. The lowest BCUT2D eigenvalue weighted by Crippen LogP contribution is -2.38. The Balaban J connectivity index is 1.87. The molecule has 25 heavy (non-hydrogen) atoms. The molecule has 2 aliphatic heterocycles. The van der Waals surface area contributed by atoms with Crippen molar-refractivity contribution in [3.63, 3.8) is 0 Å². The van der Waals surface area contributed by atoms with Crippen molar-refractivity contribution in [1.82, 2.24) is 4.90 Å². The molecule has 134 valence electrons. The number of likely N-dealkylation sites (tertiary alicyclic amines) is 1. The van der Waals surface area contributed by atoms with Gasteiger partial charge in [0.15, 0.2) is 0 Å². The van der Waals surface area contributed by atoms with E-state index in [4.69, 9.17) is 5.11 Å². The van der Waals surface area contributed by atoms with Crippen molar-refractivity contribution < 1.29 is 32.7 Å². The summed E-state index contributed by atoms with van der Waals surface area (Å²) < 4.78 is 39.3. The van der Waals surface area contributed by atoms with Crippen LogP contribution in [0.3, 0.4) is 0 Å². The molecule has 1 aromatic rings. The molecule has 3 rings (SSSR count). The molecule has 0 saturated carbocycles. The van der Waals surface area contributed by atoms with Crippen LogP contribution in [0.25, 0.3) is 0 Å². The number of hydrogen-bond donors (Lipinski definition) is 2. The van der Waals surface area contributed by atoms with E-state index < -0.39 is 54.8 Å². The standard InChI is InChI=1S/C16H15F3N2O4/c17-16(18,19)11-7-21(6-10(11)15(24)25)14(23)9-5-13(22)20-12-4-2-1-3-8(9)12/h1-4,9-11H,5-7H2,(H,20,22)(H,24,25)/t9?,10-,11-/m1/s1. The average Bonchev–Trinajstić information content (AvgIpc) is 2.99. The second-order valence-corrected chi connectivity index (χ2v) is 6.23. The number of carboxylic acids is 1. The number of nitrogens with one attached hydrogen (secondary N) is 1. The van der Waals surface area contributed by atoms with Gasteiger partial charge in [-0.2, -0.15) is 13.2 Å². The minimum Gasteiger partial charge on any atom is -0.481 e. The molecule has 1 aromatic carbocycles. The van der Waals surface area contributed by atoms with Crippen molar-refractivity contribution in [1.29, 1.82) is 0 Å². The molecule has 2 aliphatic rings. The van der Waals surface area contributed by atoms with Crippen LogP contribution in [0.5, 0.6) is 0 Å². The summed E-state index contributed by atoms with van der Waals surface area (Å²) in [6, 6.07) is 6.57. The van der Waals surface area contributed by atoms with Crippen LogP contribution < -0.4 is 5.32 Å². The van der Waals surface area contributed by atoms with Crippen LogP contribution in [0.4, 0.5) is 18.9 Å². The van der Waals surface area contributed by atoms with Crippen LogP contribution in [-0.2, 0) is 14.4 Å². The van der Waals surface area contributed by atoms with Crippen LogP contribution in [0.2, 0.25) is 0 Å². The molecule has 0 radical (unpaired) electrons. The lowest BCUT2D eigenvalue weighted by molar-refractivity contribution is -0.188. The number of fused-ring (bicyclic) bond motifs is 1. The number of carbonyl (C=O) groups is 3. The molecule has 3 atom stereocenters. The molecule has 1 unspecified atom stereocenters. The summed E-state index contributed by atoms with van der Waals surface area (Å²) in [6.45, 7) is -1.22. The molecule has 2 heterocycles. The molecular formula is C16H15F3N2O4. The lowest BCUT2D eigenvalue weighted by Gasteiger charge is -2.28. The van der Waals surface area contributed by atoms with Crippen molar-refractivity contribution in [3.8, 4) is 0 Å². The van der Waals surface area contributed by atoms with Gasteiger partial charge >= 0.3 is 12.1 Å². The predicted molar refractivity (Wildman–Crippen MR) is 79.7 cm³/mol. The number of para-hydroxylation sites is 1. The van der Waals surface area contributed by atoms with E-state index >= 15 is 0 Å². The molecule has 1 saturated heterocycles. The minimum absolute atomic E-state index is 0.180. The van der Waals surface area contributed by atoms with Crippen molar-refractivity contribution in [2.24, 2.45) is 11.8 Å². The van der Waals surface area contributed by atoms with Crippen LogP contribution in [0.15, 0.2) is 24.3 Å². The van der Waals surface area contributed by atoms with Crippen molar-refractivity contribution >= 4 is 23.5 Å². The van der Waals surface area contributed by atoms with Gasteiger partial charge in [0.2, 0.25) is 11.8 Å².